The fraction of sp³-hybridized carbons (Fsp3) is 0.684. The number of pyridine rings is 1. The Bertz CT molecular complexity index is 535. The lowest BCUT2D eigenvalue weighted by Gasteiger charge is -2.38. The number of hydrogen-bond donors (Lipinski definition) is 1. The summed E-state index contributed by atoms with van der Waals surface area (Å²) in [6.45, 7) is 4.94. The Morgan fingerprint density at radius 3 is 2.46 bits per heavy atom. The Labute approximate surface area is 145 Å². The number of carbonyl (C=O) groups excluding carboxylic acids is 1. The van der Waals surface area contributed by atoms with Crippen LogP contribution in [0, 0.1) is 0 Å². The quantitative estimate of drug-likeness (QED) is 0.926. The lowest BCUT2D eigenvalue weighted by Crippen LogP contribution is -2.51. The molecule has 0 bridgehead atoms. The van der Waals surface area contributed by atoms with Gasteiger partial charge in [-0.15, -0.1) is 0 Å². The zero-order valence-corrected chi connectivity index (χ0v) is 14.8. The van der Waals surface area contributed by atoms with Gasteiger partial charge in [0, 0.05) is 37.9 Å². The van der Waals surface area contributed by atoms with E-state index in [0.29, 0.717) is 5.56 Å². The lowest BCUT2D eigenvalue weighted by atomic mass is 9.96. The molecule has 1 amide bonds. The summed E-state index contributed by atoms with van der Waals surface area (Å²) < 4.78 is 0. The number of rotatable bonds is 3. The molecule has 5 nitrogen and oxygen atoms in total. The van der Waals surface area contributed by atoms with Crippen LogP contribution in [0.15, 0.2) is 18.3 Å². The molecule has 2 N–H and O–H groups in total. The number of aromatic nitrogens is 1. The smallest absolute Gasteiger partial charge is 0.255 e. The van der Waals surface area contributed by atoms with Gasteiger partial charge in [-0.2, -0.15) is 0 Å². The van der Waals surface area contributed by atoms with Crippen LogP contribution in [0.2, 0.25) is 0 Å². The van der Waals surface area contributed by atoms with Gasteiger partial charge in [-0.25, -0.2) is 4.98 Å². The maximum Gasteiger partial charge on any atom is 0.255 e. The Hall–Kier alpha value is -1.62. The van der Waals surface area contributed by atoms with Gasteiger partial charge in [-0.3, -0.25) is 4.79 Å². The van der Waals surface area contributed by atoms with E-state index in [9.17, 15) is 4.79 Å². The summed E-state index contributed by atoms with van der Waals surface area (Å²) in [6, 6.07) is 4.10. The summed E-state index contributed by atoms with van der Waals surface area (Å²) in [7, 11) is 0. The Morgan fingerprint density at radius 1 is 1.12 bits per heavy atom. The van der Waals surface area contributed by atoms with Crippen molar-refractivity contribution in [3.05, 3.63) is 23.9 Å². The first kappa shape index (κ1) is 17.2. The molecule has 2 fully saturated rings. The number of likely N-dealkylation sites (tertiary alicyclic amines) is 1. The van der Waals surface area contributed by atoms with Crippen molar-refractivity contribution in [2.45, 2.75) is 64.0 Å². The molecule has 2 aliphatic heterocycles. The molecule has 2 saturated heterocycles. The number of piperidine rings is 1. The highest BCUT2D eigenvalue weighted by molar-refractivity contribution is 5.94. The normalized spacial score (nSPS) is 23.7. The molecule has 3 rings (SSSR count). The fourth-order valence-electron chi connectivity index (χ4n) is 3.92. The van der Waals surface area contributed by atoms with Crippen LogP contribution in [-0.2, 0) is 0 Å². The van der Waals surface area contributed by atoms with Crippen molar-refractivity contribution in [1.29, 1.82) is 0 Å². The second kappa shape index (κ2) is 7.97. The van der Waals surface area contributed by atoms with E-state index in [1.807, 2.05) is 24.0 Å². The molecule has 2 atom stereocenters. The van der Waals surface area contributed by atoms with Crippen molar-refractivity contribution < 1.29 is 4.79 Å². The van der Waals surface area contributed by atoms with Crippen LogP contribution in [0.5, 0.6) is 0 Å². The molecular weight excluding hydrogens is 300 g/mol. The summed E-state index contributed by atoms with van der Waals surface area (Å²) in [5.41, 5.74) is 6.78. The van der Waals surface area contributed by atoms with E-state index in [4.69, 9.17) is 5.73 Å². The maximum atomic E-state index is 12.9. The van der Waals surface area contributed by atoms with Crippen molar-refractivity contribution >= 4 is 11.7 Å². The zero-order valence-electron chi connectivity index (χ0n) is 14.8. The second-order valence-corrected chi connectivity index (χ2v) is 7.23. The molecule has 0 aliphatic carbocycles. The molecule has 1 aromatic heterocycles. The molecule has 0 saturated carbocycles. The number of nitrogens with two attached hydrogens (primary N) is 1. The van der Waals surface area contributed by atoms with Crippen molar-refractivity contribution in [2.24, 2.45) is 5.73 Å². The molecule has 2 aliphatic rings. The van der Waals surface area contributed by atoms with Crippen LogP contribution in [0.4, 0.5) is 5.82 Å². The second-order valence-electron chi connectivity index (χ2n) is 7.23. The van der Waals surface area contributed by atoms with Gasteiger partial charge in [0.25, 0.3) is 5.91 Å². The maximum absolute atomic E-state index is 12.9. The Morgan fingerprint density at radius 2 is 1.83 bits per heavy atom. The van der Waals surface area contributed by atoms with Crippen LogP contribution >= 0.6 is 0 Å². The van der Waals surface area contributed by atoms with Crippen LogP contribution in [0.3, 0.4) is 0 Å². The largest absolute Gasteiger partial charge is 0.357 e. The summed E-state index contributed by atoms with van der Waals surface area (Å²) in [5, 5.41) is 0. The average molecular weight is 330 g/mol. The minimum absolute atomic E-state index is 0.0126. The van der Waals surface area contributed by atoms with Crippen molar-refractivity contribution in [3.63, 3.8) is 0 Å². The van der Waals surface area contributed by atoms with Gasteiger partial charge in [0.05, 0.1) is 5.56 Å². The number of nitrogens with zero attached hydrogens (tertiary/aromatic N) is 3. The highest BCUT2D eigenvalue weighted by atomic mass is 16.2. The van der Waals surface area contributed by atoms with Gasteiger partial charge >= 0.3 is 0 Å². The summed E-state index contributed by atoms with van der Waals surface area (Å²) in [5.74, 6) is 1.07. The van der Waals surface area contributed by atoms with Crippen molar-refractivity contribution in [1.82, 2.24) is 9.88 Å². The predicted molar refractivity (Wildman–Crippen MR) is 97.2 cm³/mol. The third kappa shape index (κ3) is 3.89. The molecule has 24 heavy (non-hydrogen) atoms. The highest BCUT2D eigenvalue weighted by Crippen LogP contribution is 2.22. The molecule has 1 aromatic rings. The zero-order chi connectivity index (χ0) is 16.9. The van der Waals surface area contributed by atoms with Gasteiger partial charge < -0.3 is 15.5 Å². The SMILES string of the molecule is CC(N)C1CCCCN1C(=O)c1ccc(N2CCCCCC2)nc1. The summed E-state index contributed by atoms with van der Waals surface area (Å²) in [4.78, 5) is 21.7. The first-order valence-corrected chi connectivity index (χ1v) is 9.44. The number of amides is 1. The van der Waals surface area contributed by atoms with E-state index in [1.165, 1.54) is 25.7 Å². The molecular formula is C19H30N4O. The van der Waals surface area contributed by atoms with Gasteiger partial charge in [-0.1, -0.05) is 12.8 Å². The third-order valence-corrected chi connectivity index (χ3v) is 5.34. The monoisotopic (exact) mass is 330 g/mol. The van der Waals surface area contributed by atoms with E-state index in [1.54, 1.807) is 6.20 Å². The standard InChI is InChI=1S/C19H30N4O/c1-15(20)17-8-4-7-13-23(17)19(24)16-9-10-18(21-14-16)22-11-5-2-3-6-12-22/h9-10,14-15,17H,2-8,11-13,20H2,1H3. The topological polar surface area (TPSA) is 62.5 Å². The number of hydrogen-bond acceptors (Lipinski definition) is 4. The molecule has 132 valence electrons. The van der Waals surface area contributed by atoms with Gasteiger partial charge in [-0.05, 0) is 51.2 Å². The Kier molecular flexibility index (Phi) is 5.72. The average Bonchev–Trinajstić information content (AvgIpc) is 2.90. The third-order valence-electron chi connectivity index (χ3n) is 5.34. The number of carbonyl (C=O) groups is 1. The minimum Gasteiger partial charge on any atom is -0.357 e. The summed E-state index contributed by atoms with van der Waals surface area (Å²) in [6.07, 6.45) is 10.0. The van der Waals surface area contributed by atoms with E-state index in [2.05, 4.69) is 9.88 Å². The number of anilines is 1. The first-order chi connectivity index (χ1) is 11.7. The van der Waals surface area contributed by atoms with Crippen LogP contribution in [-0.4, -0.2) is 47.5 Å². The van der Waals surface area contributed by atoms with Crippen molar-refractivity contribution in [2.75, 3.05) is 24.5 Å². The minimum atomic E-state index is 0.0126. The van der Waals surface area contributed by atoms with Crippen LogP contribution in [0.1, 0.15) is 62.2 Å². The molecule has 0 aromatic carbocycles. The molecule has 0 spiro atoms. The van der Waals surface area contributed by atoms with Gasteiger partial charge in [0.15, 0.2) is 0 Å². The summed E-state index contributed by atoms with van der Waals surface area (Å²) >= 11 is 0. The Balaban J connectivity index is 1.71. The fourth-order valence-corrected chi connectivity index (χ4v) is 3.92. The molecule has 5 heteroatoms. The first-order valence-electron chi connectivity index (χ1n) is 9.44. The molecule has 3 heterocycles. The van der Waals surface area contributed by atoms with E-state index < -0.39 is 0 Å². The van der Waals surface area contributed by atoms with E-state index in [-0.39, 0.29) is 18.0 Å². The highest BCUT2D eigenvalue weighted by Gasteiger charge is 2.30. The lowest BCUT2D eigenvalue weighted by molar-refractivity contribution is 0.0583. The van der Waals surface area contributed by atoms with E-state index in [0.717, 1.165) is 44.7 Å². The molecule has 0 radical (unpaired) electrons. The van der Waals surface area contributed by atoms with Crippen LogP contribution in [0.25, 0.3) is 0 Å². The van der Waals surface area contributed by atoms with Crippen molar-refractivity contribution in [3.8, 4) is 0 Å². The van der Waals surface area contributed by atoms with Crippen LogP contribution < -0.4 is 10.6 Å². The van der Waals surface area contributed by atoms with Gasteiger partial charge in [0.2, 0.25) is 0 Å². The molecule has 2 unspecified atom stereocenters. The van der Waals surface area contributed by atoms with Gasteiger partial charge in [0.1, 0.15) is 5.82 Å². The van der Waals surface area contributed by atoms with E-state index >= 15 is 0 Å². The predicted octanol–water partition coefficient (Wildman–Crippen LogP) is 2.80.